The Morgan fingerprint density at radius 3 is 2.33 bits per heavy atom. The van der Waals surface area contributed by atoms with Gasteiger partial charge in [0.1, 0.15) is 0 Å². The maximum atomic E-state index is 5.70. The highest BCUT2D eigenvalue weighted by molar-refractivity contribution is 7.80. The van der Waals surface area contributed by atoms with Crippen LogP contribution in [-0.4, -0.2) is 29.5 Å². The Morgan fingerprint density at radius 2 is 2.00 bits per heavy atom. The largest absolute Gasteiger partial charge is 0.393 e. The maximum Gasteiger partial charge on any atom is 0.0788 e. The molecule has 0 aromatic heterocycles. The number of thiocarbonyl (C=S) groups is 1. The van der Waals surface area contributed by atoms with Crippen LogP contribution in [0, 0.1) is 5.41 Å². The number of nitrogens with zero attached hydrogens (tertiary/aromatic N) is 1. The molecule has 0 saturated carbocycles. The van der Waals surface area contributed by atoms with Crippen molar-refractivity contribution in [1.29, 1.82) is 0 Å². The van der Waals surface area contributed by atoms with Gasteiger partial charge in [0.15, 0.2) is 0 Å². The highest BCUT2D eigenvalue weighted by Crippen LogP contribution is 2.30. The fourth-order valence-electron chi connectivity index (χ4n) is 1.61. The van der Waals surface area contributed by atoms with Crippen LogP contribution >= 0.6 is 12.2 Å². The van der Waals surface area contributed by atoms with E-state index in [0.29, 0.717) is 4.99 Å². The topological polar surface area (TPSA) is 29.3 Å². The minimum Gasteiger partial charge on any atom is -0.393 e. The van der Waals surface area contributed by atoms with Crippen LogP contribution < -0.4 is 5.73 Å². The van der Waals surface area contributed by atoms with Gasteiger partial charge in [0, 0.05) is 5.41 Å². The van der Waals surface area contributed by atoms with Gasteiger partial charge in [-0.15, -0.1) is 0 Å². The molecule has 70 valence electrons. The van der Waals surface area contributed by atoms with E-state index in [1.54, 1.807) is 0 Å². The Kier molecular flexibility index (Phi) is 3.07. The molecule has 2 N–H and O–H groups in total. The zero-order chi connectivity index (χ0) is 9.19. The van der Waals surface area contributed by atoms with Gasteiger partial charge in [-0.3, -0.25) is 0 Å². The summed E-state index contributed by atoms with van der Waals surface area (Å²) in [6.45, 7) is 7.81. The third-order valence-electron chi connectivity index (χ3n) is 3.00. The molecule has 12 heavy (non-hydrogen) atoms. The van der Waals surface area contributed by atoms with Crippen LogP contribution in [0.5, 0.6) is 0 Å². The molecule has 0 spiro atoms. The van der Waals surface area contributed by atoms with E-state index in [0.717, 1.165) is 32.5 Å². The van der Waals surface area contributed by atoms with Crippen LogP contribution in [0.3, 0.4) is 0 Å². The van der Waals surface area contributed by atoms with Crippen molar-refractivity contribution in [3.8, 4) is 0 Å². The molecule has 0 aliphatic carbocycles. The second-order valence-corrected chi connectivity index (χ2v) is 4.30. The number of nitrogens with two attached hydrogens (primary N) is 1. The third-order valence-corrected chi connectivity index (χ3v) is 3.49. The van der Waals surface area contributed by atoms with Crippen molar-refractivity contribution in [2.24, 2.45) is 11.1 Å². The Labute approximate surface area is 80.1 Å². The van der Waals surface area contributed by atoms with Gasteiger partial charge in [0.05, 0.1) is 4.99 Å². The second-order valence-electron chi connectivity index (χ2n) is 3.86. The summed E-state index contributed by atoms with van der Waals surface area (Å²) in [5, 5.41) is 0. The Bertz CT molecular complexity index is 171. The van der Waals surface area contributed by atoms with E-state index >= 15 is 0 Å². The number of likely N-dealkylation sites (tertiary alicyclic amines) is 1. The van der Waals surface area contributed by atoms with Crippen LogP contribution in [0.2, 0.25) is 0 Å². The van der Waals surface area contributed by atoms with E-state index in [9.17, 15) is 0 Å². The quantitative estimate of drug-likeness (QED) is 0.661. The summed E-state index contributed by atoms with van der Waals surface area (Å²) in [6.07, 6.45) is 2.24. The standard InChI is InChI=1S/C9H18N2S/c1-3-11-6-4-9(2,5-7-11)8(10)12/h3-7H2,1-2H3,(H2,10,12). The molecule has 2 nitrogen and oxygen atoms in total. The molecule has 0 radical (unpaired) electrons. The molecular formula is C9H18N2S. The predicted octanol–water partition coefficient (Wildman–Crippen LogP) is 1.39. The maximum absolute atomic E-state index is 5.70. The fraction of sp³-hybridized carbons (Fsp3) is 0.889. The van der Waals surface area contributed by atoms with Gasteiger partial charge in [-0.2, -0.15) is 0 Å². The average molecular weight is 186 g/mol. The molecule has 1 saturated heterocycles. The summed E-state index contributed by atoms with van der Waals surface area (Å²) in [5.74, 6) is 0. The summed E-state index contributed by atoms with van der Waals surface area (Å²) >= 11 is 5.06. The highest BCUT2D eigenvalue weighted by Gasteiger charge is 2.31. The zero-order valence-corrected chi connectivity index (χ0v) is 8.78. The molecular weight excluding hydrogens is 168 g/mol. The van der Waals surface area contributed by atoms with Crippen LogP contribution in [-0.2, 0) is 0 Å². The smallest absolute Gasteiger partial charge is 0.0788 e. The first-order chi connectivity index (χ1) is 5.58. The molecule has 1 fully saturated rings. The number of hydrogen-bond donors (Lipinski definition) is 1. The van der Waals surface area contributed by atoms with E-state index in [4.69, 9.17) is 18.0 Å². The molecule has 0 atom stereocenters. The summed E-state index contributed by atoms with van der Waals surface area (Å²) in [6, 6.07) is 0. The minimum atomic E-state index is 0.126. The van der Waals surface area contributed by atoms with Crippen molar-refractivity contribution < 1.29 is 0 Å². The molecule has 0 bridgehead atoms. The Hall–Kier alpha value is -0.150. The van der Waals surface area contributed by atoms with Gasteiger partial charge in [0.2, 0.25) is 0 Å². The summed E-state index contributed by atoms with van der Waals surface area (Å²) in [5.41, 5.74) is 5.83. The number of rotatable bonds is 2. The summed E-state index contributed by atoms with van der Waals surface area (Å²) in [7, 11) is 0. The second kappa shape index (κ2) is 3.71. The SMILES string of the molecule is CCN1CCC(C)(C(N)=S)CC1. The van der Waals surface area contributed by atoms with Crippen molar-refractivity contribution in [3.63, 3.8) is 0 Å². The summed E-state index contributed by atoms with van der Waals surface area (Å²) < 4.78 is 0. The first-order valence-corrected chi connectivity index (χ1v) is 5.01. The van der Waals surface area contributed by atoms with Crippen LogP contribution in [0.25, 0.3) is 0 Å². The molecule has 0 aromatic rings. The molecule has 0 aromatic carbocycles. The van der Waals surface area contributed by atoms with Crippen molar-refractivity contribution in [3.05, 3.63) is 0 Å². The van der Waals surface area contributed by atoms with E-state index in [-0.39, 0.29) is 5.41 Å². The molecule has 1 aliphatic rings. The van der Waals surface area contributed by atoms with E-state index in [1.807, 2.05) is 0 Å². The van der Waals surface area contributed by atoms with E-state index in [1.165, 1.54) is 0 Å². The van der Waals surface area contributed by atoms with Gasteiger partial charge in [-0.05, 0) is 32.5 Å². The first-order valence-electron chi connectivity index (χ1n) is 4.61. The molecule has 3 heteroatoms. The fourth-order valence-corrected chi connectivity index (χ4v) is 1.81. The molecule has 1 heterocycles. The van der Waals surface area contributed by atoms with E-state index < -0.39 is 0 Å². The van der Waals surface area contributed by atoms with Gasteiger partial charge in [-0.1, -0.05) is 26.1 Å². The normalized spacial score (nSPS) is 23.8. The number of hydrogen-bond acceptors (Lipinski definition) is 2. The van der Waals surface area contributed by atoms with Gasteiger partial charge in [-0.25, -0.2) is 0 Å². The zero-order valence-electron chi connectivity index (χ0n) is 7.97. The highest BCUT2D eigenvalue weighted by atomic mass is 32.1. The predicted molar refractivity (Wildman–Crippen MR) is 56.2 cm³/mol. The molecule has 0 amide bonds. The van der Waals surface area contributed by atoms with Crippen molar-refractivity contribution in [2.45, 2.75) is 26.7 Å². The first kappa shape index (κ1) is 9.93. The van der Waals surface area contributed by atoms with Crippen molar-refractivity contribution in [1.82, 2.24) is 4.90 Å². The summed E-state index contributed by atoms with van der Waals surface area (Å²) in [4.78, 5) is 3.14. The number of piperidine rings is 1. The van der Waals surface area contributed by atoms with Crippen LogP contribution in [0.1, 0.15) is 26.7 Å². The molecule has 0 unspecified atom stereocenters. The average Bonchev–Trinajstić information content (AvgIpc) is 2.06. The van der Waals surface area contributed by atoms with Gasteiger partial charge in [0.25, 0.3) is 0 Å². The Morgan fingerprint density at radius 1 is 1.50 bits per heavy atom. The third kappa shape index (κ3) is 1.96. The lowest BCUT2D eigenvalue weighted by molar-refractivity contribution is 0.171. The van der Waals surface area contributed by atoms with Gasteiger partial charge >= 0.3 is 0 Å². The van der Waals surface area contributed by atoms with E-state index in [2.05, 4.69) is 18.7 Å². The monoisotopic (exact) mass is 186 g/mol. The lowest BCUT2D eigenvalue weighted by Gasteiger charge is -2.38. The Balaban J connectivity index is 2.49. The minimum absolute atomic E-state index is 0.126. The van der Waals surface area contributed by atoms with Crippen molar-refractivity contribution >= 4 is 17.2 Å². The lowest BCUT2D eigenvalue weighted by Crippen LogP contribution is -2.44. The van der Waals surface area contributed by atoms with Crippen molar-refractivity contribution in [2.75, 3.05) is 19.6 Å². The molecule has 1 aliphatic heterocycles. The van der Waals surface area contributed by atoms with Crippen LogP contribution in [0.4, 0.5) is 0 Å². The lowest BCUT2D eigenvalue weighted by atomic mass is 9.80. The molecule has 1 rings (SSSR count). The van der Waals surface area contributed by atoms with Gasteiger partial charge < -0.3 is 10.6 Å². The van der Waals surface area contributed by atoms with Crippen LogP contribution in [0.15, 0.2) is 0 Å².